The van der Waals surface area contributed by atoms with Crippen molar-refractivity contribution in [3.8, 4) is 0 Å². The zero-order valence-corrected chi connectivity index (χ0v) is 10.5. The molecule has 1 unspecified atom stereocenters. The Morgan fingerprint density at radius 2 is 2.12 bits per heavy atom. The van der Waals surface area contributed by atoms with Gasteiger partial charge in [0.1, 0.15) is 5.82 Å². The number of benzene rings is 1. The molecule has 1 heterocycles. The number of aliphatic hydroxyl groups excluding tert-OH is 1. The molecule has 3 heteroatoms. The van der Waals surface area contributed by atoms with Crippen LogP contribution >= 0.6 is 0 Å². The average Bonchev–Trinajstić information content (AvgIpc) is 2.27. The predicted octanol–water partition coefficient (Wildman–Crippen LogP) is 2.42. The Morgan fingerprint density at radius 1 is 1.41 bits per heavy atom. The van der Waals surface area contributed by atoms with Crippen molar-refractivity contribution in [2.75, 3.05) is 13.1 Å². The summed E-state index contributed by atoms with van der Waals surface area (Å²) in [6.07, 6.45) is 0.617. The van der Waals surface area contributed by atoms with Gasteiger partial charge in [-0.15, -0.1) is 0 Å². The topological polar surface area (TPSA) is 23.5 Å². The Balaban J connectivity index is 2.00. The summed E-state index contributed by atoms with van der Waals surface area (Å²) < 4.78 is 13.5. The smallest absolute Gasteiger partial charge is 0.127 e. The van der Waals surface area contributed by atoms with Crippen molar-refractivity contribution in [2.45, 2.75) is 32.9 Å². The summed E-state index contributed by atoms with van der Waals surface area (Å²) in [6.45, 7) is 6.29. The summed E-state index contributed by atoms with van der Waals surface area (Å²) in [6, 6.07) is 6.84. The second-order valence-corrected chi connectivity index (χ2v) is 5.58. The van der Waals surface area contributed by atoms with Gasteiger partial charge in [-0.3, -0.25) is 4.90 Å². The zero-order valence-electron chi connectivity index (χ0n) is 10.5. The first-order chi connectivity index (χ1) is 7.99. The number of likely N-dealkylation sites (tertiary alicyclic amines) is 1. The second kappa shape index (κ2) is 4.75. The van der Waals surface area contributed by atoms with Crippen LogP contribution < -0.4 is 0 Å². The normalized spacial score (nSPS) is 24.8. The van der Waals surface area contributed by atoms with Gasteiger partial charge in [-0.1, -0.05) is 32.0 Å². The molecule has 0 aliphatic carbocycles. The number of β-amino-alcohol motifs (C(OH)–C–C–N with tert-alkyl or cyclic N) is 1. The molecule has 0 radical (unpaired) electrons. The molecule has 1 aromatic carbocycles. The highest BCUT2D eigenvalue weighted by molar-refractivity contribution is 5.17. The first-order valence-corrected chi connectivity index (χ1v) is 6.13. The zero-order chi connectivity index (χ0) is 12.5. The average molecular weight is 237 g/mol. The van der Waals surface area contributed by atoms with Gasteiger partial charge in [0.05, 0.1) is 6.10 Å². The molecule has 1 aromatic rings. The van der Waals surface area contributed by atoms with E-state index in [1.165, 1.54) is 6.07 Å². The van der Waals surface area contributed by atoms with Crippen LogP contribution in [0.5, 0.6) is 0 Å². The summed E-state index contributed by atoms with van der Waals surface area (Å²) in [5.41, 5.74) is 0.686. The Hall–Kier alpha value is -0.930. The van der Waals surface area contributed by atoms with Gasteiger partial charge < -0.3 is 5.11 Å². The molecule has 1 atom stereocenters. The lowest BCUT2D eigenvalue weighted by Gasteiger charge is -2.41. The van der Waals surface area contributed by atoms with Crippen LogP contribution in [-0.2, 0) is 6.54 Å². The van der Waals surface area contributed by atoms with Gasteiger partial charge in [0.2, 0.25) is 0 Å². The van der Waals surface area contributed by atoms with E-state index in [0.717, 1.165) is 13.0 Å². The lowest BCUT2D eigenvalue weighted by atomic mass is 9.80. The number of nitrogens with zero attached hydrogens (tertiary/aromatic N) is 1. The molecule has 0 bridgehead atoms. The van der Waals surface area contributed by atoms with Crippen molar-refractivity contribution in [3.05, 3.63) is 35.6 Å². The molecule has 0 saturated carbocycles. The number of hydrogen-bond acceptors (Lipinski definition) is 2. The minimum atomic E-state index is -0.331. The Morgan fingerprint density at radius 3 is 2.76 bits per heavy atom. The highest BCUT2D eigenvalue weighted by Gasteiger charge is 2.34. The lowest BCUT2D eigenvalue weighted by molar-refractivity contribution is -0.0280. The Kier molecular flexibility index (Phi) is 3.50. The first-order valence-electron chi connectivity index (χ1n) is 6.13. The summed E-state index contributed by atoms with van der Waals surface area (Å²) in [5, 5.41) is 10.0. The van der Waals surface area contributed by atoms with Crippen LogP contribution in [0, 0.1) is 11.2 Å². The van der Waals surface area contributed by atoms with Crippen molar-refractivity contribution in [1.82, 2.24) is 4.90 Å². The highest BCUT2D eigenvalue weighted by atomic mass is 19.1. The summed E-state index contributed by atoms with van der Waals surface area (Å²) >= 11 is 0. The van der Waals surface area contributed by atoms with Crippen molar-refractivity contribution in [1.29, 1.82) is 0 Å². The third kappa shape index (κ3) is 2.85. The van der Waals surface area contributed by atoms with Crippen LogP contribution in [0.15, 0.2) is 24.3 Å². The first kappa shape index (κ1) is 12.5. The molecule has 2 rings (SSSR count). The van der Waals surface area contributed by atoms with Crippen LogP contribution in [0.3, 0.4) is 0 Å². The van der Waals surface area contributed by atoms with Crippen LogP contribution in [0.25, 0.3) is 0 Å². The van der Waals surface area contributed by atoms with Crippen molar-refractivity contribution >= 4 is 0 Å². The van der Waals surface area contributed by atoms with Gasteiger partial charge in [0.15, 0.2) is 0 Å². The standard InChI is InChI=1S/C14H20FNO/c1-14(2)7-8-16(10-13(14)17)9-11-5-3-4-6-12(11)15/h3-6,13,17H,7-10H2,1-2H3. The fourth-order valence-corrected chi connectivity index (χ4v) is 2.21. The van der Waals surface area contributed by atoms with Gasteiger partial charge >= 0.3 is 0 Å². The Labute approximate surface area is 102 Å². The van der Waals surface area contributed by atoms with Crippen molar-refractivity contribution in [3.63, 3.8) is 0 Å². The van der Waals surface area contributed by atoms with E-state index in [4.69, 9.17) is 0 Å². The highest BCUT2D eigenvalue weighted by Crippen LogP contribution is 2.30. The van der Waals surface area contributed by atoms with E-state index in [2.05, 4.69) is 18.7 Å². The van der Waals surface area contributed by atoms with Crippen molar-refractivity contribution in [2.24, 2.45) is 5.41 Å². The number of hydrogen-bond donors (Lipinski definition) is 1. The molecular formula is C14H20FNO. The van der Waals surface area contributed by atoms with Crippen molar-refractivity contribution < 1.29 is 9.50 Å². The molecule has 1 N–H and O–H groups in total. The summed E-state index contributed by atoms with van der Waals surface area (Å²) in [7, 11) is 0. The molecule has 2 nitrogen and oxygen atoms in total. The molecule has 1 fully saturated rings. The Bertz CT molecular complexity index is 392. The van der Waals surface area contributed by atoms with E-state index in [9.17, 15) is 9.50 Å². The van der Waals surface area contributed by atoms with Crippen LogP contribution in [-0.4, -0.2) is 29.2 Å². The largest absolute Gasteiger partial charge is 0.391 e. The monoisotopic (exact) mass is 237 g/mol. The fourth-order valence-electron chi connectivity index (χ4n) is 2.21. The number of aliphatic hydroxyl groups is 1. The predicted molar refractivity (Wildman–Crippen MR) is 66.1 cm³/mol. The fraction of sp³-hybridized carbons (Fsp3) is 0.571. The molecule has 0 aromatic heterocycles. The van der Waals surface area contributed by atoms with Gasteiger partial charge in [0.25, 0.3) is 0 Å². The van der Waals surface area contributed by atoms with E-state index in [0.29, 0.717) is 18.7 Å². The van der Waals surface area contributed by atoms with E-state index in [1.54, 1.807) is 6.07 Å². The lowest BCUT2D eigenvalue weighted by Crippen LogP contribution is -2.47. The van der Waals surface area contributed by atoms with Crippen LogP contribution in [0.4, 0.5) is 4.39 Å². The minimum Gasteiger partial charge on any atom is -0.391 e. The second-order valence-electron chi connectivity index (χ2n) is 5.58. The van der Waals surface area contributed by atoms with Gasteiger partial charge in [-0.2, -0.15) is 0 Å². The van der Waals surface area contributed by atoms with Crippen LogP contribution in [0.1, 0.15) is 25.8 Å². The van der Waals surface area contributed by atoms with Crippen LogP contribution in [0.2, 0.25) is 0 Å². The number of halogens is 1. The van der Waals surface area contributed by atoms with Gasteiger partial charge in [-0.25, -0.2) is 4.39 Å². The third-order valence-corrected chi connectivity index (χ3v) is 3.76. The van der Waals surface area contributed by atoms with E-state index in [1.807, 2.05) is 12.1 Å². The number of rotatable bonds is 2. The summed E-state index contributed by atoms with van der Waals surface area (Å²) in [5.74, 6) is -0.160. The molecule has 94 valence electrons. The molecule has 1 aliphatic rings. The maximum absolute atomic E-state index is 13.5. The molecular weight excluding hydrogens is 217 g/mol. The molecule has 1 saturated heterocycles. The summed E-state index contributed by atoms with van der Waals surface area (Å²) in [4.78, 5) is 2.12. The number of piperidine rings is 1. The van der Waals surface area contributed by atoms with E-state index < -0.39 is 0 Å². The molecule has 0 amide bonds. The SMILES string of the molecule is CC1(C)CCN(Cc2ccccc2F)CC1O. The quantitative estimate of drug-likeness (QED) is 0.854. The molecule has 17 heavy (non-hydrogen) atoms. The minimum absolute atomic E-state index is 0.0221. The maximum Gasteiger partial charge on any atom is 0.127 e. The molecule has 0 spiro atoms. The van der Waals surface area contributed by atoms with Gasteiger partial charge in [0, 0.05) is 18.7 Å². The third-order valence-electron chi connectivity index (χ3n) is 3.76. The van der Waals surface area contributed by atoms with E-state index >= 15 is 0 Å². The maximum atomic E-state index is 13.5. The van der Waals surface area contributed by atoms with Gasteiger partial charge in [-0.05, 0) is 24.4 Å². The molecule has 1 aliphatic heterocycles. The van der Waals surface area contributed by atoms with E-state index in [-0.39, 0.29) is 17.3 Å².